The summed E-state index contributed by atoms with van der Waals surface area (Å²) in [6.45, 7) is 2.06. The van der Waals surface area contributed by atoms with Crippen LogP contribution in [0.4, 0.5) is 5.69 Å². The summed E-state index contributed by atoms with van der Waals surface area (Å²) in [5.41, 5.74) is 9.01. The van der Waals surface area contributed by atoms with Gasteiger partial charge in [0, 0.05) is 22.4 Å². The Morgan fingerprint density at radius 1 is 1.04 bits per heavy atom. The average Bonchev–Trinajstić information content (AvgIpc) is 3.07. The number of carbonyl (C=O) groups is 1. The van der Waals surface area contributed by atoms with Gasteiger partial charge in [0.25, 0.3) is 0 Å². The van der Waals surface area contributed by atoms with Gasteiger partial charge in [0.05, 0.1) is 11.5 Å². The van der Waals surface area contributed by atoms with Crippen LogP contribution in [-0.2, 0) is 14.6 Å². The summed E-state index contributed by atoms with van der Waals surface area (Å²) in [6, 6.07) is 15.8. The number of hydrogen-bond acceptors (Lipinski definition) is 6. The highest BCUT2D eigenvalue weighted by Gasteiger charge is 2.18. The molecule has 0 bridgehead atoms. The molecule has 3 aromatic rings. The van der Waals surface area contributed by atoms with Gasteiger partial charge in [-0.3, -0.25) is 0 Å². The summed E-state index contributed by atoms with van der Waals surface area (Å²) in [6.07, 6.45) is 1.17. The summed E-state index contributed by atoms with van der Waals surface area (Å²) in [4.78, 5) is 13.8. The van der Waals surface area contributed by atoms with E-state index in [1.165, 1.54) is 17.6 Å². The van der Waals surface area contributed by atoms with Gasteiger partial charge in [-0.1, -0.05) is 24.3 Å². The minimum Gasteiger partial charge on any atom is -0.462 e. The third kappa shape index (κ3) is 4.20. The van der Waals surface area contributed by atoms with Gasteiger partial charge in [0.2, 0.25) is 0 Å². The molecule has 0 aliphatic carbocycles. The molecule has 2 N–H and O–H groups in total. The highest BCUT2D eigenvalue weighted by atomic mass is 32.2. The molecule has 0 saturated heterocycles. The maximum Gasteiger partial charge on any atom is 0.348 e. The molecule has 3 rings (SSSR count). The molecule has 0 amide bonds. The Balaban J connectivity index is 2.12. The van der Waals surface area contributed by atoms with Crippen LogP contribution < -0.4 is 5.73 Å². The molecule has 27 heavy (non-hydrogen) atoms. The first kappa shape index (κ1) is 19.1. The topological polar surface area (TPSA) is 86.5 Å². The van der Waals surface area contributed by atoms with E-state index in [1.54, 1.807) is 49.4 Å². The average molecular weight is 402 g/mol. The summed E-state index contributed by atoms with van der Waals surface area (Å²) in [5.74, 6) is -0.377. The van der Waals surface area contributed by atoms with Crippen LogP contribution in [0.3, 0.4) is 0 Å². The lowest BCUT2D eigenvalue weighted by molar-refractivity contribution is 0.0532. The van der Waals surface area contributed by atoms with Gasteiger partial charge in [-0.2, -0.15) is 0 Å². The monoisotopic (exact) mass is 401 g/mol. The molecule has 0 aliphatic rings. The molecule has 0 fully saturated rings. The van der Waals surface area contributed by atoms with Crippen LogP contribution in [-0.4, -0.2) is 27.2 Å². The molecule has 5 nitrogen and oxygen atoms in total. The number of rotatable bonds is 5. The van der Waals surface area contributed by atoms with Gasteiger partial charge in [-0.25, -0.2) is 13.2 Å². The fraction of sp³-hybridized carbons (Fsp3) is 0.150. The van der Waals surface area contributed by atoms with Crippen molar-refractivity contribution in [3.63, 3.8) is 0 Å². The van der Waals surface area contributed by atoms with Gasteiger partial charge >= 0.3 is 5.97 Å². The molecular weight excluding hydrogens is 382 g/mol. The Morgan fingerprint density at radius 3 is 2.19 bits per heavy atom. The Bertz CT molecular complexity index is 1070. The van der Waals surface area contributed by atoms with Crippen molar-refractivity contribution in [3.05, 3.63) is 59.5 Å². The third-order valence-electron chi connectivity index (χ3n) is 3.98. The van der Waals surface area contributed by atoms with Crippen molar-refractivity contribution in [1.82, 2.24) is 0 Å². The molecular formula is C20H19NO4S2. The van der Waals surface area contributed by atoms with E-state index in [9.17, 15) is 13.2 Å². The van der Waals surface area contributed by atoms with Crippen LogP contribution in [0, 0.1) is 0 Å². The molecule has 0 unspecified atom stereocenters. The van der Waals surface area contributed by atoms with Gasteiger partial charge < -0.3 is 10.5 Å². The first-order valence-corrected chi connectivity index (χ1v) is 11.0. The van der Waals surface area contributed by atoms with Crippen molar-refractivity contribution in [2.75, 3.05) is 18.6 Å². The number of benzene rings is 2. The highest BCUT2D eigenvalue weighted by molar-refractivity contribution is 7.90. The summed E-state index contributed by atoms with van der Waals surface area (Å²) >= 11 is 1.34. The number of thiophene rings is 1. The van der Waals surface area contributed by atoms with Crippen LogP contribution in [0.25, 0.3) is 21.6 Å². The van der Waals surface area contributed by atoms with Crippen molar-refractivity contribution < 1.29 is 17.9 Å². The molecule has 0 atom stereocenters. The Hall–Kier alpha value is -2.64. The Kier molecular flexibility index (Phi) is 5.34. The Labute approximate surface area is 162 Å². The predicted octanol–water partition coefficient (Wildman–Crippen LogP) is 4.24. The zero-order valence-corrected chi connectivity index (χ0v) is 16.6. The number of hydrogen-bond donors (Lipinski definition) is 1. The number of sulfone groups is 1. The zero-order chi connectivity index (χ0) is 19.6. The standard InChI is InChI=1S/C20H19NO4S2/c1-3-25-20(22)18-12-17(13-6-10-16(11-7-13)27(2,23)24)19(26-18)14-4-8-15(21)9-5-14/h4-12H,3,21H2,1-2H3. The van der Waals surface area contributed by atoms with Gasteiger partial charge in [-0.05, 0) is 48.4 Å². The predicted molar refractivity (Wildman–Crippen MR) is 109 cm³/mol. The van der Waals surface area contributed by atoms with Gasteiger partial charge in [-0.15, -0.1) is 11.3 Å². The van der Waals surface area contributed by atoms with Crippen LogP contribution in [0.5, 0.6) is 0 Å². The first-order valence-electron chi connectivity index (χ1n) is 8.27. The van der Waals surface area contributed by atoms with Crippen molar-refractivity contribution in [2.24, 2.45) is 0 Å². The smallest absolute Gasteiger partial charge is 0.348 e. The summed E-state index contributed by atoms with van der Waals surface area (Å²) in [7, 11) is -3.27. The molecule has 1 heterocycles. The Morgan fingerprint density at radius 2 is 1.63 bits per heavy atom. The van der Waals surface area contributed by atoms with E-state index in [1.807, 2.05) is 12.1 Å². The molecule has 0 saturated carbocycles. The highest BCUT2D eigenvalue weighted by Crippen LogP contribution is 2.40. The zero-order valence-electron chi connectivity index (χ0n) is 14.9. The van der Waals surface area contributed by atoms with Gasteiger partial charge in [0.1, 0.15) is 4.88 Å². The minimum atomic E-state index is -3.27. The maximum absolute atomic E-state index is 12.2. The molecule has 140 valence electrons. The van der Waals surface area contributed by atoms with Crippen LogP contribution in [0.1, 0.15) is 16.6 Å². The van der Waals surface area contributed by atoms with E-state index < -0.39 is 9.84 Å². The van der Waals surface area contributed by atoms with Crippen LogP contribution >= 0.6 is 11.3 Å². The van der Waals surface area contributed by atoms with Crippen molar-refractivity contribution in [2.45, 2.75) is 11.8 Å². The lowest BCUT2D eigenvalue weighted by atomic mass is 10.0. The lowest BCUT2D eigenvalue weighted by Gasteiger charge is -2.06. The molecule has 1 aromatic heterocycles. The molecule has 7 heteroatoms. The van der Waals surface area contributed by atoms with E-state index >= 15 is 0 Å². The van der Waals surface area contributed by atoms with Crippen LogP contribution in [0.2, 0.25) is 0 Å². The summed E-state index contributed by atoms with van der Waals surface area (Å²) in [5, 5.41) is 0. The fourth-order valence-electron chi connectivity index (χ4n) is 2.64. The lowest BCUT2D eigenvalue weighted by Crippen LogP contribution is -2.01. The second-order valence-corrected chi connectivity index (χ2v) is 9.06. The van der Waals surface area contributed by atoms with Crippen molar-refractivity contribution in [1.29, 1.82) is 0 Å². The number of nitrogen functional groups attached to an aromatic ring is 1. The molecule has 0 spiro atoms. The largest absolute Gasteiger partial charge is 0.462 e. The van der Waals surface area contributed by atoms with E-state index in [2.05, 4.69) is 0 Å². The molecule has 0 radical (unpaired) electrons. The number of carbonyl (C=O) groups excluding carboxylic acids is 1. The van der Waals surface area contributed by atoms with Crippen molar-refractivity contribution in [3.8, 4) is 21.6 Å². The SMILES string of the molecule is CCOC(=O)c1cc(-c2ccc(S(C)(=O)=O)cc2)c(-c2ccc(N)cc2)s1. The van der Waals surface area contributed by atoms with Gasteiger partial charge in [0.15, 0.2) is 9.84 Å². The quantitative estimate of drug-likeness (QED) is 0.510. The first-order chi connectivity index (χ1) is 12.8. The van der Waals surface area contributed by atoms with E-state index in [-0.39, 0.29) is 10.9 Å². The number of nitrogens with two attached hydrogens (primary N) is 1. The second kappa shape index (κ2) is 7.54. The third-order valence-corrected chi connectivity index (χ3v) is 6.27. The maximum atomic E-state index is 12.2. The molecule has 0 aliphatic heterocycles. The number of esters is 1. The van der Waals surface area contributed by atoms with Crippen molar-refractivity contribution >= 4 is 32.8 Å². The summed E-state index contributed by atoms with van der Waals surface area (Å²) < 4.78 is 28.5. The number of ether oxygens (including phenoxy) is 1. The number of anilines is 1. The van der Waals surface area contributed by atoms with E-state index in [4.69, 9.17) is 10.5 Å². The molecule has 2 aromatic carbocycles. The van der Waals surface area contributed by atoms with E-state index in [0.29, 0.717) is 17.2 Å². The van der Waals surface area contributed by atoms with Crippen LogP contribution in [0.15, 0.2) is 59.5 Å². The van der Waals surface area contributed by atoms with E-state index in [0.717, 1.165) is 21.6 Å². The fourth-order valence-corrected chi connectivity index (χ4v) is 4.35. The minimum absolute atomic E-state index is 0.251. The second-order valence-electron chi connectivity index (χ2n) is 5.99. The normalized spacial score (nSPS) is 11.3.